The number of hydrogen-bond donors (Lipinski definition) is 0. The van der Waals surface area contributed by atoms with Gasteiger partial charge in [0.15, 0.2) is 0 Å². The summed E-state index contributed by atoms with van der Waals surface area (Å²) in [6.07, 6.45) is 30.7. The fourth-order valence-corrected chi connectivity index (χ4v) is 7.43. The third-order valence-corrected chi connectivity index (χ3v) is 7.93. The van der Waals surface area contributed by atoms with Crippen molar-refractivity contribution in [1.29, 1.82) is 0 Å². The number of benzene rings is 2. The van der Waals surface area contributed by atoms with Crippen LogP contribution in [0.5, 0.6) is 0 Å². The van der Waals surface area contributed by atoms with Gasteiger partial charge in [-0.05, 0) is 84.5 Å². The molecule has 4 saturated carbocycles. The van der Waals surface area contributed by atoms with E-state index < -0.39 is 0 Å². The largest absolute Gasteiger partial charge is 0.115 e. The minimum Gasteiger partial charge on any atom is -0.115 e. The molecule has 144 valence electrons. The van der Waals surface area contributed by atoms with Gasteiger partial charge in [-0.3, -0.25) is 0 Å². The summed E-state index contributed by atoms with van der Waals surface area (Å²) in [5.74, 6) is 12.8. The molecule has 0 spiro atoms. The summed E-state index contributed by atoms with van der Waals surface area (Å²) in [6, 6.07) is 12.5. The minimum absolute atomic E-state index is 0.0661. The van der Waals surface area contributed by atoms with Gasteiger partial charge in [0.1, 0.15) is 0 Å². The van der Waals surface area contributed by atoms with E-state index in [1.165, 1.54) is 43.2 Å². The Bertz CT molecular complexity index is 1100. The monoisotopic (exact) mass is 384 g/mol. The summed E-state index contributed by atoms with van der Waals surface area (Å²) in [7, 11) is 0. The molecule has 0 aromatic heterocycles. The fourth-order valence-electron chi connectivity index (χ4n) is 7.43. The topological polar surface area (TPSA) is 0 Å². The van der Waals surface area contributed by atoms with Gasteiger partial charge in [-0.15, -0.1) is 25.7 Å². The molecule has 6 rings (SSSR count). The van der Waals surface area contributed by atoms with E-state index in [2.05, 4.69) is 47.9 Å². The van der Waals surface area contributed by atoms with Crippen LogP contribution in [0.15, 0.2) is 36.4 Å². The molecule has 0 saturated heterocycles. The second-order valence-corrected chi connectivity index (χ2v) is 9.56. The Kier molecular flexibility index (Phi) is 4.11. The van der Waals surface area contributed by atoms with E-state index in [0.717, 1.165) is 28.7 Å². The van der Waals surface area contributed by atoms with Crippen LogP contribution in [0.2, 0.25) is 0 Å². The van der Waals surface area contributed by atoms with Gasteiger partial charge in [-0.1, -0.05) is 47.9 Å². The van der Waals surface area contributed by atoms with Crippen molar-refractivity contribution in [2.24, 2.45) is 11.8 Å². The minimum atomic E-state index is 0.0661. The smallest absolute Gasteiger partial charge is 0.0436 e. The highest BCUT2D eigenvalue weighted by atomic mass is 14.6. The van der Waals surface area contributed by atoms with Gasteiger partial charge < -0.3 is 0 Å². The summed E-state index contributed by atoms with van der Waals surface area (Å²) >= 11 is 0. The van der Waals surface area contributed by atoms with Crippen LogP contribution < -0.4 is 0 Å². The van der Waals surface area contributed by atoms with Gasteiger partial charge in [0.2, 0.25) is 0 Å². The SMILES string of the molecule is C#Cc1cccc(C23CC4CC(C2)CC(c2cccc(C#C)c2C#C)(C4)C3)c1C#C. The van der Waals surface area contributed by atoms with E-state index in [4.69, 9.17) is 25.7 Å². The molecule has 2 aromatic carbocycles. The molecule has 2 aromatic rings. The van der Waals surface area contributed by atoms with E-state index in [1.54, 1.807) is 0 Å². The highest BCUT2D eigenvalue weighted by Gasteiger charge is 2.59. The van der Waals surface area contributed by atoms with Crippen LogP contribution in [0.3, 0.4) is 0 Å². The fraction of sp³-hybridized carbons (Fsp3) is 0.333. The Hall–Kier alpha value is -3.32. The molecule has 30 heavy (non-hydrogen) atoms. The van der Waals surface area contributed by atoms with E-state index in [1.807, 2.05) is 12.1 Å². The van der Waals surface area contributed by atoms with Crippen LogP contribution in [0, 0.1) is 61.2 Å². The standard InChI is InChI=1S/C30H24/c1-5-23-11-9-13-27(25(23)7-3)29-16-21-15-22(17-29)19-30(18-21,20-29)28-14-10-12-24(6-2)26(28)8-4/h1-4,9-14,21-22H,15-20H2. The average Bonchev–Trinajstić information content (AvgIpc) is 2.76. The van der Waals surface area contributed by atoms with Crippen molar-refractivity contribution in [1.82, 2.24) is 0 Å². The second-order valence-electron chi connectivity index (χ2n) is 9.56. The number of rotatable bonds is 2. The van der Waals surface area contributed by atoms with Crippen molar-refractivity contribution in [3.05, 3.63) is 69.8 Å². The summed E-state index contributed by atoms with van der Waals surface area (Å²) in [5.41, 5.74) is 6.16. The predicted octanol–water partition coefficient (Wildman–Crippen LogP) is 5.40. The summed E-state index contributed by atoms with van der Waals surface area (Å²) in [4.78, 5) is 0. The maximum atomic E-state index is 5.98. The van der Waals surface area contributed by atoms with Crippen LogP contribution in [-0.2, 0) is 10.8 Å². The van der Waals surface area contributed by atoms with E-state index in [-0.39, 0.29) is 10.8 Å². The molecular weight excluding hydrogens is 360 g/mol. The Morgan fingerprint density at radius 1 is 0.633 bits per heavy atom. The summed E-state index contributed by atoms with van der Waals surface area (Å²) < 4.78 is 0. The molecule has 0 nitrogen and oxygen atoms in total. The zero-order chi connectivity index (χ0) is 20.9. The van der Waals surface area contributed by atoms with Crippen LogP contribution in [0.1, 0.15) is 71.9 Å². The van der Waals surface area contributed by atoms with Crippen molar-refractivity contribution in [2.45, 2.75) is 49.4 Å². The van der Waals surface area contributed by atoms with Gasteiger partial charge in [-0.2, -0.15) is 0 Å². The van der Waals surface area contributed by atoms with Crippen LogP contribution >= 0.6 is 0 Å². The van der Waals surface area contributed by atoms with Crippen LogP contribution in [0.25, 0.3) is 0 Å². The highest BCUT2D eigenvalue weighted by Crippen LogP contribution is 2.66. The van der Waals surface area contributed by atoms with Gasteiger partial charge >= 0.3 is 0 Å². The van der Waals surface area contributed by atoms with Gasteiger partial charge in [0, 0.05) is 22.3 Å². The van der Waals surface area contributed by atoms with E-state index in [9.17, 15) is 0 Å². The molecule has 0 aliphatic heterocycles. The van der Waals surface area contributed by atoms with Crippen molar-refractivity contribution >= 4 is 0 Å². The van der Waals surface area contributed by atoms with E-state index in [0.29, 0.717) is 11.8 Å². The molecule has 4 aliphatic rings. The average molecular weight is 385 g/mol. The Balaban J connectivity index is 1.71. The lowest BCUT2D eigenvalue weighted by Crippen LogP contribution is -2.56. The lowest BCUT2D eigenvalue weighted by molar-refractivity contribution is -0.0283. The van der Waals surface area contributed by atoms with Crippen LogP contribution in [-0.4, -0.2) is 0 Å². The van der Waals surface area contributed by atoms with E-state index >= 15 is 0 Å². The Morgan fingerprint density at radius 2 is 1.07 bits per heavy atom. The van der Waals surface area contributed by atoms with Gasteiger partial charge in [0.25, 0.3) is 0 Å². The molecule has 4 bridgehead atoms. The molecule has 0 heterocycles. The summed E-state index contributed by atoms with van der Waals surface area (Å²) in [5, 5.41) is 0. The van der Waals surface area contributed by atoms with Gasteiger partial charge in [0.05, 0.1) is 0 Å². The maximum Gasteiger partial charge on any atom is 0.0436 e. The number of terminal acetylenes is 4. The lowest BCUT2D eigenvalue weighted by Gasteiger charge is -2.63. The van der Waals surface area contributed by atoms with Crippen molar-refractivity contribution < 1.29 is 0 Å². The Labute approximate surface area is 180 Å². The highest BCUT2D eigenvalue weighted by molar-refractivity contribution is 5.59. The third-order valence-electron chi connectivity index (χ3n) is 7.93. The maximum absolute atomic E-state index is 5.98. The zero-order valence-corrected chi connectivity index (χ0v) is 17.2. The Morgan fingerprint density at radius 3 is 1.43 bits per heavy atom. The van der Waals surface area contributed by atoms with Crippen LogP contribution in [0.4, 0.5) is 0 Å². The first-order valence-corrected chi connectivity index (χ1v) is 10.7. The zero-order valence-electron chi connectivity index (χ0n) is 17.2. The lowest BCUT2D eigenvalue weighted by atomic mass is 9.41. The molecule has 0 unspecified atom stereocenters. The first-order valence-electron chi connectivity index (χ1n) is 10.7. The first kappa shape index (κ1) is 18.7. The first-order chi connectivity index (χ1) is 14.6. The third kappa shape index (κ3) is 2.48. The second kappa shape index (κ2) is 6.60. The molecule has 4 aliphatic carbocycles. The van der Waals surface area contributed by atoms with Crippen molar-refractivity contribution in [2.75, 3.05) is 0 Å². The molecule has 0 amide bonds. The molecule has 0 N–H and O–H groups in total. The normalized spacial score (nSPS) is 30.7. The molecule has 0 radical (unpaired) electrons. The van der Waals surface area contributed by atoms with Gasteiger partial charge in [-0.25, -0.2) is 0 Å². The quantitative estimate of drug-likeness (QED) is 0.608. The molecular formula is C30H24. The van der Waals surface area contributed by atoms with Crippen molar-refractivity contribution in [3.63, 3.8) is 0 Å². The number of hydrogen-bond acceptors (Lipinski definition) is 0. The molecule has 0 atom stereocenters. The predicted molar refractivity (Wildman–Crippen MR) is 123 cm³/mol. The molecule has 4 fully saturated rings. The molecule has 0 heteroatoms. The van der Waals surface area contributed by atoms with Crippen molar-refractivity contribution in [3.8, 4) is 49.4 Å². The summed E-state index contributed by atoms with van der Waals surface area (Å²) in [6.45, 7) is 0.